The minimum Gasteiger partial charge on any atom is -0.271 e. The highest BCUT2D eigenvalue weighted by Crippen LogP contribution is 2.29. The van der Waals surface area contributed by atoms with Gasteiger partial charge in [0.25, 0.3) is 0 Å². The summed E-state index contributed by atoms with van der Waals surface area (Å²) >= 11 is 3.44. The van der Waals surface area contributed by atoms with Crippen molar-refractivity contribution in [3.8, 4) is 0 Å². The fourth-order valence-corrected chi connectivity index (χ4v) is 2.60. The van der Waals surface area contributed by atoms with Crippen LogP contribution in [-0.4, -0.2) is 9.78 Å². The van der Waals surface area contributed by atoms with E-state index in [0.29, 0.717) is 0 Å². The molecule has 1 atom stereocenters. The third-order valence-electron chi connectivity index (χ3n) is 2.92. The van der Waals surface area contributed by atoms with E-state index in [0.717, 1.165) is 21.3 Å². The number of halogens is 2. The van der Waals surface area contributed by atoms with Crippen LogP contribution in [0.3, 0.4) is 0 Å². The molecule has 3 N–H and O–H groups in total. The van der Waals surface area contributed by atoms with Gasteiger partial charge in [0.1, 0.15) is 5.82 Å². The van der Waals surface area contributed by atoms with E-state index in [4.69, 9.17) is 5.84 Å². The zero-order valence-corrected chi connectivity index (χ0v) is 11.7. The zero-order chi connectivity index (χ0) is 13.3. The number of nitrogens with one attached hydrogen (secondary N) is 1. The smallest absolute Gasteiger partial charge is 0.123 e. The molecule has 6 heteroatoms. The highest BCUT2D eigenvalue weighted by atomic mass is 79.9. The first-order chi connectivity index (χ1) is 8.54. The molecule has 96 valence electrons. The average molecular weight is 313 g/mol. The minimum absolute atomic E-state index is 0.243. The highest BCUT2D eigenvalue weighted by molar-refractivity contribution is 9.10. The summed E-state index contributed by atoms with van der Waals surface area (Å²) in [6.07, 6.45) is 1.71. The van der Waals surface area contributed by atoms with E-state index < -0.39 is 0 Å². The summed E-state index contributed by atoms with van der Waals surface area (Å²) < 4.78 is 15.7. The molecule has 0 saturated carbocycles. The molecule has 2 rings (SSSR count). The molecular formula is C12H14BrFN4. The molecule has 18 heavy (non-hydrogen) atoms. The van der Waals surface area contributed by atoms with Gasteiger partial charge in [-0.3, -0.25) is 10.5 Å². The Morgan fingerprint density at radius 1 is 1.50 bits per heavy atom. The maximum absolute atomic E-state index is 13.1. The van der Waals surface area contributed by atoms with Crippen LogP contribution in [0.1, 0.15) is 22.9 Å². The van der Waals surface area contributed by atoms with Gasteiger partial charge in [-0.15, -0.1) is 0 Å². The van der Waals surface area contributed by atoms with Crippen molar-refractivity contribution in [2.45, 2.75) is 13.0 Å². The van der Waals surface area contributed by atoms with Crippen molar-refractivity contribution in [3.05, 3.63) is 51.5 Å². The molecule has 0 bridgehead atoms. The summed E-state index contributed by atoms with van der Waals surface area (Å²) in [6.45, 7) is 1.85. The van der Waals surface area contributed by atoms with Gasteiger partial charge in [-0.1, -0.05) is 6.07 Å². The highest BCUT2D eigenvalue weighted by Gasteiger charge is 2.21. The first-order valence-electron chi connectivity index (χ1n) is 5.44. The number of rotatable bonds is 3. The van der Waals surface area contributed by atoms with Gasteiger partial charge < -0.3 is 0 Å². The lowest BCUT2D eigenvalue weighted by atomic mass is 9.99. The number of hydrazine groups is 1. The molecule has 0 spiro atoms. The lowest BCUT2D eigenvalue weighted by Gasteiger charge is -2.19. The van der Waals surface area contributed by atoms with E-state index in [9.17, 15) is 4.39 Å². The largest absolute Gasteiger partial charge is 0.271 e. The Morgan fingerprint density at radius 3 is 2.72 bits per heavy atom. The molecule has 1 unspecified atom stereocenters. The quantitative estimate of drug-likeness (QED) is 0.674. The lowest BCUT2D eigenvalue weighted by molar-refractivity contribution is 0.567. The van der Waals surface area contributed by atoms with E-state index >= 15 is 0 Å². The van der Waals surface area contributed by atoms with Crippen molar-refractivity contribution in [1.29, 1.82) is 0 Å². The van der Waals surface area contributed by atoms with Crippen LogP contribution in [0.4, 0.5) is 4.39 Å². The molecule has 0 aliphatic heterocycles. The van der Waals surface area contributed by atoms with Gasteiger partial charge in [0.15, 0.2) is 0 Å². The Bertz CT molecular complexity index is 548. The van der Waals surface area contributed by atoms with Crippen molar-refractivity contribution in [3.63, 3.8) is 0 Å². The van der Waals surface area contributed by atoms with Gasteiger partial charge in [0, 0.05) is 7.05 Å². The van der Waals surface area contributed by atoms with Gasteiger partial charge in [-0.2, -0.15) is 5.10 Å². The molecule has 0 amide bonds. The molecule has 1 aromatic carbocycles. The van der Waals surface area contributed by atoms with Crippen LogP contribution in [0.2, 0.25) is 0 Å². The van der Waals surface area contributed by atoms with Gasteiger partial charge in [0.05, 0.1) is 22.4 Å². The molecule has 0 radical (unpaired) electrons. The van der Waals surface area contributed by atoms with Crippen molar-refractivity contribution in [2.75, 3.05) is 0 Å². The number of benzene rings is 1. The van der Waals surface area contributed by atoms with Crippen molar-refractivity contribution >= 4 is 15.9 Å². The molecule has 0 aliphatic carbocycles. The second kappa shape index (κ2) is 5.17. The molecule has 2 aromatic rings. The van der Waals surface area contributed by atoms with E-state index in [2.05, 4.69) is 26.5 Å². The van der Waals surface area contributed by atoms with Crippen LogP contribution in [0.5, 0.6) is 0 Å². The predicted octanol–water partition coefficient (Wildman–Crippen LogP) is 2.18. The first-order valence-corrected chi connectivity index (χ1v) is 6.23. The molecule has 1 aromatic heterocycles. The standard InChI is InChI=1S/C12H14BrFN4/c1-7-5-8(14)3-4-9(7)11(17-15)12-10(13)6-16-18(12)2/h3-6,11,17H,15H2,1-2H3. The Balaban J connectivity index is 2.52. The number of aromatic nitrogens is 2. The van der Waals surface area contributed by atoms with E-state index in [-0.39, 0.29) is 11.9 Å². The predicted molar refractivity (Wildman–Crippen MR) is 71.2 cm³/mol. The summed E-state index contributed by atoms with van der Waals surface area (Å²) in [4.78, 5) is 0. The second-order valence-electron chi connectivity index (χ2n) is 4.10. The second-order valence-corrected chi connectivity index (χ2v) is 4.96. The van der Waals surface area contributed by atoms with Crippen molar-refractivity contribution < 1.29 is 4.39 Å². The maximum atomic E-state index is 13.1. The van der Waals surface area contributed by atoms with Crippen molar-refractivity contribution in [1.82, 2.24) is 15.2 Å². The van der Waals surface area contributed by atoms with Crippen LogP contribution >= 0.6 is 15.9 Å². The fraction of sp³-hybridized carbons (Fsp3) is 0.250. The number of hydrogen-bond acceptors (Lipinski definition) is 3. The maximum Gasteiger partial charge on any atom is 0.123 e. The van der Waals surface area contributed by atoms with Crippen LogP contribution in [-0.2, 0) is 7.05 Å². The van der Waals surface area contributed by atoms with Crippen LogP contribution in [0.15, 0.2) is 28.9 Å². The van der Waals surface area contributed by atoms with Crippen LogP contribution in [0.25, 0.3) is 0 Å². The number of hydrogen-bond donors (Lipinski definition) is 2. The zero-order valence-electron chi connectivity index (χ0n) is 10.1. The molecule has 4 nitrogen and oxygen atoms in total. The molecule has 0 fully saturated rings. The lowest BCUT2D eigenvalue weighted by Crippen LogP contribution is -2.31. The Labute approximate surface area is 113 Å². The average Bonchev–Trinajstić information content (AvgIpc) is 2.64. The Kier molecular flexibility index (Phi) is 3.79. The minimum atomic E-state index is -0.254. The first kappa shape index (κ1) is 13.2. The van der Waals surface area contributed by atoms with E-state index in [1.807, 2.05) is 14.0 Å². The Hall–Kier alpha value is -1.24. The summed E-state index contributed by atoms with van der Waals surface area (Å²) in [5.41, 5.74) is 5.40. The molecular weight excluding hydrogens is 299 g/mol. The van der Waals surface area contributed by atoms with Gasteiger partial charge in [-0.25, -0.2) is 9.82 Å². The number of nitrogens with two attached hydrogens (primary N) is 1. The Morgan fingerprint density at radius 2 is 2.22 bits per heavy atom. The molecule has 0 aliphatic rings. The van der Waals surface area contributed by atoms with Crippen molar-refractivity contribution in [2.24, 2.45) is 12.9 Å². The SMILES string of the molecule is Cc1cc(F)ccc1C(NN)c1c(Br)cnn1C. The molecule has 0 saturated heterocycles. The van der Waals surface area contributed by atoms with Gasteiger partial charge in [0.2, 0.25) is 0 Å². The van der Waals surface area contributed by atoms with Gasteiger partial charge in [-0.05, 0) is 46.1 Å². The summed E-state index contributed by atoms with van der Waals surface area (Å²) in [5, 5.41) is 4.16. The third kappa shape index (κ3) is 2.31. The molecule has 1 heterocycles. The number of aryl methyl sites for hydroxylation is 2. The van der Waals surface area contributed by atoms with Gasteiger partial charge >= 0.3 is 0 Å². The van der Waals surface area contributed by atoms with Crippen LogP contribution < -0.4 is 11.3 Å². The monoisotopic (exact) mass is 312 g/mol. The topological polar surface area (TPSA) is 55.9 Å². The van der Waals surface area contributed by atoms with E-state index in [1.54, 1.807) is 16.9 Å². The van der Waals surface area contributed by atoms with Crippen LogP contribution in [0, 0.1) is 12.7 Å². The summed E-state index contributed by atoms with van der Waals surface area (Å²) in [5.74, 6) is 5.38. The summed E-state index contributed by atoms with van der Waals surface area (Å²) in [7, 11) is 1.84. The number of nitrogens with zero attached hydrogens (tertiary/aromatic N) is 2. The summed E-state index contributed by atoms with van der Waals surface area (Å²) in [6, 6.07) is 4.41. The normalized spacial score (nSPS) is 12.7. The fourth-order valence-electron chi connectivity index (χ4n) is 2.02. The third-order valence-corrected chi connectivity index (χ3v) is 3.53. The van der Waals surface area contributed by atoms with E-state index in [1.165, 1.54) is 12.1 Å².